The highest BCUT2D eigenvalue weighted by molar-refractivity contribution is 6.04. The average Bonchev–Trinajstić information content (AvgIpc) is 3.23. The molecular formula is C27H27N3O4. The summed E-state index contributed by atoms with van der Waals surface area (Å²) in [6, 6.07) is 20.9. The number of nitrogens with zero attached hydrogens (tertiary/aromatic N) is 3. The molecule has 2 aliphatic heterocycles. The summed E-state index contributed by atoms with van der Waals surface area (Å²) < 4.78 is 17.2. The first-order chi connectivity index (χ1) is 16.7. The van der Waals surface area contributed by atoms with Crippen molar-refractivity contribution in [1.82, 2.24) is 9.80 Å². The van der Waals surface area contributed by atoms with Crippen molar-refractivity contribution in [2.24, 2.45) is 4.99 Å². The van der Waals surface area contributed by atoms with Gasteiger partial charge in [-0.25, -0.2) is 4.99 Å². The molecule has 34 heavy (non-hydrogen) atoms. The number of hydrogen-bond donors (Lipinski definition) is 0. The van der Waals surface area contributed by atoms with E-state index in [2.05, 4.69) is 4.90 Å². The predicted octanol–water partition coefficient (Wildman–Crippen LogP) is 4.74. The van der Waals surface area contributed by atoms with Crippen molar-refractivity contribution in [2.45, 2.75) is 6.42 Å². The Morgan fingerprint density at radius 1 is 0.912 bits per heavy atom. The molecule has 7 nitrogen and oxygen atoms in total. The minimum absolute atomic E-state index is 0.0132. The lowest BCUT2D eigenvalue weighted by atomic mass is 10.1. The van der Waals surface area contributed by atoms with Crippen LogP contribution in [0.2, 0.25) is 0 Å². The molecule has 1 fully saturated rings. The van der Waals surface area contributed by atoms with Crippen LogP contribution in [-0.4, -0.2) is 61.9 Å². The number of amidine groups is 1. The largest absolute Gasteiger partial charge is 0.497 e. The SMILES string of the molecule is COc1cccc(C(=O)N2CCCN(C3=Nc4ccccc4Oc4c(OC)cccc43)CC2)c1. The first kappa shape index (κ1) is 21.8. The molecule has 0 aromatic heterocycles. The van der Waals surface area contributed by atoms with Crippen LogP contribution in [0.4, 0.5) is 5.69 Å². The van der Waals surface area contributed by atoms with Crippen LogP contribution in [-0.2, 0) is 0 Å². The van der Waals surface area contributed by atoms with Gasteiger partial charge in [0.15, 0.2) is 17.2 Å². The highest BCUT2D eigenvalue weighted by Gasteiger charge is 2.28. The van der Waals surface area contributed by atoms with Crippen LogP contribution in [0.15, 0.2) is 71.7 Å². The molecule has 3 aromatic carbocycles. The number of methoxy groups -OCH3 is 2. The molecule has 0 atom stereocenters. The van der Waals surface area contributed by atoms with Gasteiger partial charge >= 0.3 is 0 Å². The number of fused-ring (bicyclic) bond motifs is 2. The van der Waals surface area contributed by atoms with Crippen molar-refractivity contribution < 1.29 is 19.0 Å². The Hall–Kier alpha value is -4.00. The molecule has 1 amide bonds. The van der Waals surface area contributed by atoms with Crippen LogP contribution in [0.5, 0.6) is 23.0 Å². The molecule has 5 rings (SSSR count). The Labute approximate surface area is 199 Å². The fourth-order valence-corrected chi connectivity index (χ4v) is 4.39. The van der Waals surface area contributed by atoms with Gasteiger partial charge in [-0.15, -0.1) is 0 Å². The van der Waals surface area contributed by atoms with E-state index in [9.17, 15) is 4.79 Å². The molecule has 0 saturated carbocycles. The summed E-state index contributed by atoms with van der Waals surface area (Å²) >= 11 is 0. The molecule has 0 bridgehead atoms. The number of amides is 1. The summed E-state index contributed by atoms with van der Waals surface area (Å²) in [7, 11) is 3.25. The lowest BCUT2D eigenvalue weighted by molar-refractivity contribution is 0.0763. The maximum absolute atomic E-state index is 13.2. The van der Waals surface area contributed by atoms with Crippen molar-refractivity contribution in [3.8, 4) is 23.0 Å². The number of para-hydroxylation sites is 3. The van der Waals surface area contributed by atoms with Crippen molar-refractivity contribution in [3.05, 3.63) is 77.9 Å². The fraction of sp³-hybridized carbons (Fsp3) is 0.259. The minimum atomic E-state index is 0.0132. The summed E-state index contributed by atoms with van der Waals surface area (Å²) in [5.41, 5.74) is 2.28. The van der Waals surface area contributed by atoms with E-state index in [0.717, 1.165) is 30.1 Å². The molecule has 1 saturated heterocycles. The van der Waals surface area contributed by atoms with E-state index in [1.807, 2.05) is 65.6 Å². The van der Waals surface area contributed by atoms with Gasteiger partial charge in [0, 0.05) is 31.7 Å². The number of ether oxygens (including phenoxy) is 3. The Bertz CT molecular complexity index is 1240. The Morgan fingerprint density at radius 3 is 2.62 bits per heavy atom. The third kappa shape index (κ3) is 4.17. The van der Waals surface area contributed by atoms with Gasteiger partial charge in [0.05, 0.1) is 19.8 Å². The van der Waals surface area contributed by atoms with Crippen LogP contribution in [0.25, 0.3) is 0 Å². The molecule has 2 heterocycles. The summed E-state index contributed by atoms with van der Waals surface area (Å²) in [5.74, 6) is 3.52. The van der Waals surface area contributed by atoms with Gasteiger partial charge in [-0.05, 0) is 48.9 Å². The number of carbonyl (C=O) groups is 1. The number of aliphatic imine (C=N–C) groups is 1. The summed E-state index contributed by atoms with van der Waals surface area (Å²) in [4.78, 5) is 22.3. The van der Waals surface area contributed by atoms with Crippen molar-refractivity contribution in [2.75, 3.05) is 40.4 Å². The Morgan fingerprint density at radius 2 is 1.76 bits per heavy atom. The van der Waals surface area contributed by atoms with Gasteiger partial charge in [0.2, 0.25) is 0 Å². The van der Waals surface area contributed by atoms with E-state index < -0.39 is 0 Å². The second kappa shape index (κ2) is 9.47. The minimum Gasteiger partial charge on any atom is -0.497 e. The first-order valence-corrected chi connectivity index (χ1v) is 11.4. The second-order valence-electron chi connectivity index (χ2n) is 8.21. The maximum atomic E-state index is 13.2. The standard InChI is InChI=1S/C27H27N3O4/c1-32-20-9-5-8-19(18-20)27(31)30-15-7-14-29(16-17-30)26-21-10-6-13-24(33-2)25(21)34-23-12-4-3-11-22(23)28-26/h3-6,8-13,18H,7,14-17H2,1-2H3. The molecule has 7 heteroatoms. The zero-order valence-corrected chi connectivity index (χ0v) is 19.4. The zero-order valence-electron chi connectivity index (χ0n) is 19.4. The van der Waals surface area contributed by atoms with Gasteiger partial charge in [-0.1, -0.05) is 24.3 Å². The van der Waals surface area contributed by atoms with Crippen molar-refractivity contribution in [1.29, 1.82) is 0 Å². The Kier molecular flexibility index (Phi) is 6.08. The first-order valence-electron chi connectivity index (χ1n) is 11.4. The zero-order chi connectivity index (χ0) is 23.5. The van der Waals surface area contributed by atoms with Crippen molar-refractivity contribution >= 4 is 17.4 Å². The van der Waals surface area contributed by atoms with E-state index in [0.29, 0.717) is 48.2 Å². The maximum Gasteiger partial charge on any atom is 0.254 e. The molecule has 174 valence electrons. The number of carbonyl (C=O) groups excluding carboxylic acids is 1. The van der Waals surface area contributed by atoms with Gasteiger partial charge in [-0.3, -0.25) is 4.79 Å². The monoisotopic (exact) mass is 457 g/mol. The number of hydrogen-bond acceptors (Lipinski definition) is 6. The third-order valence-electron chi connectivity index (χ3n) is 6.14. The molecule has 0 unspecified atom stereocenters. The van der Waals surface area contributed by atoms with Crippen LogP contribution in [0.3, 0.4) is 0 Å². The lowest BCUT2D eigenvalue weighted by Gasteiger charge is -2.25. The molecule has 0 spiro atoms. The Balaban J connectivity index is 1.45. The predicted molar refractivity (Wildman–Crippen MR) is 131 cm³/mol. The third-order valence-corrected chi connectivity index (χ3v) is 6.14. The quantitative estimate of drug-likeness (QED) is 0.569. The van der Waals surface area contributed by atoms with E-state index >= 15 is 0 Å². The highest BCUT2D eigenvalue weighted by atomic mass is 16.5. The average molecular weight is 458 g/mol. The second-order valence-corrected chi connectivity index (χ2v) is 8.21. The van der Waals surface area contributed by atoms with Crippen LogP contribution < -0.4 is 14.2 Å². The molecule has 0 aliphatic carbocycles. The van der Waals surface area contributed by atoms with Crippen LogP contribution >= 0.6 is 0 Å². The molecule has 2 aliphatic rings. The molecule has 0 radical (unpaired) electrons. The topological polar surface area (TPSA) is 63.6 Å². The fourth-order valence-electron chi connectivity index (χ4n) is 4.39. The number of benzene rings is 3. The number of rotatable bonds is 3. The van der Waals surface area contributed by atoms with E-state index in [4.69, 9.17) is 19.2 Å². The van der Waals surface area contributed by atoms with E-state index in [-0.39, 0.29) is 5.91 Å². The van der Waals surface area contributed by atoms with Crippen LogP contribution in [0, 0.1) is 0 Å². The van der Waals surface area contributed by atoms with E-state index in [1.165, 1.54) is 0 Å². The molecular weight excluding hydrogens is 430 g/mol. The van der Waals surface area contributed by atoms with Crippen LogP contribution in [0.1, 0.15) is 22.3 Å². The van der Waals surface area contributed by atoms with Gasteiger partial charge in [0.25, 0.3) is 5.91 Å². The van der Waals surface area contributed by atoms with Gasteiger partial charge < -0.3 is 24.0 Å². The molecule has 0 N–H and O–H groups in total. The summed E-state index contributed by atoms with van der Waals surface area (Å²) in [6.07, 6.45) is 0.830. The van der Waals surface area contributed by atoms with E-state index in [1.54, 1.807) is 20.3 Å². The highest BCUT2D eigenvalue weighted by Crippen LogP contribution is 2.42. The lowest BCUT2D eigenvalue weighted by Crippen LogP contribution is -2.37. The summed E-state index contributed by atoms with van der Waals surface area (Å²) in [5, 5.41) is 0. The van der Waals surface area contributed by atoms with Crippen molar-refractivity contribution in [3.63, 3.8) is 0 Å². The summed E-state index contributed by atoms with van der Waals surface area (Å²) in [6.45, 7) is 2.71. The van der Waals surface area contributed by atoms with Gasteiger partial charge in [0.1, 0.15) is 17.3 Å². The van der Waals surface area contributed by atoms with Gasteiger partial charge in [-0.2, -0.15) is 0 Å². The normalized spacial score (nSPS) is 15.2. The smallest absolute Gasteiger partial charge is 0.254 e. The molecule has 3 aromatic rings.